The molecule has 0 saturated carbocycles. The molecule has 0 aliphatic carbocycles. The van der Waals surface area contributed by atoms with Gasteiger partial charge in [0.15, 0.2) is 0 Å². The summed E-state index contributed by atoms with van der Waals surface area (Å²) in [5.74, 6) is -18.8. The highest BCUT2D eigenvalue weighted by atomic mass is 127. The van der Waals surface area contributed by atoms with E-state index >= 15 is 0 Å². The van der Waals surface area contributed by atoms with Crippen LogP contribution in [-0.4, -0.2) is 27.9 Å². The summed E-state index contributed by atoms with van der Waals surface area (Å²) in [6.07, 6.45) is -7.42. The first-order valence-electron chi connectivity index (χ1n) is 4.57. The maximum absolute atomic E-state index is 13.1. The summed E-state index contributed by atoms with van der Waals surface area (Å²) in [6, 6.07) is 0. The number of rotatable bonds is 5. The Kier molecular flexibility index (Phi) is 5.26. The van der Waals surface area contributed by atoms with Crippen LogP contribution in [0.25, 0.3) is 0 Å². The van der Waals surface area contributed by atoms with Gasteiger partial charge in [-0.15, -0.1) is 0 Å². The van der Waals surface area contributed by atoms with Gasteiger partial charge < -0.3 is 0 Å². The quantitative estimate of drug-likeness (QED) is 0.343. The van der Waals surface area contributed by atoms with E-state index in [1.165, 1.54) is 6.92 Å². The van der Waals surface area contributed by atoms with Crippen molar-refractivity contribution >= 4 is 22.6 Å². The average molecular weight is 402 g/mol. The van der Waals surface area contributed by atoms with Crippen molar-refractivity contribution in [2.75, 3.05) is 0 Å². The van der Waals surface area contributed by atoms with Gasteiger partial charge in [0.25, 0.3) is 0 Å². The summed E-state index contributed by atoms with van der Waals surface area (Å²) < 4.78 is 110. The number of alkyl halides is 10. The molecule has 0 nitrogen and oxygen atoms in total. The molecule has 0 bridgehead atoms. The van der Waals surface area contributed by atoms with Gasteiger partial charge in [-0.25, -0.2) is 0 Å². The summed E-state index contributed by atoms with van der Waals surface area (Å²) in [4.78, 5) is 0. The lowest BCUT2D eigenvalue weighted by Gasteiger charge is -2.35. The molecule has 0 spiro atoms. The Balaban J connectivity index is 5.49. The zero-order valence-electron chi connectivity index (χ0n) is 8.77. The maximum atomic E-state index is 13.1. The molecule has 0 aromatic heterocycles. The van der Waals surface area contributed by atoms with Crippen LogP contribution in [0.15, 0.2) is 0 Å². The molecular formula is C8H8F9I. The highest BCUT2D eigenvalue weighted by Crippen LogP contribution is 2.55. The Hall–Kier alpha value is 0.1000. The predicted molar refractivity (Wildman–Crippen MR) is 53.6 cm³/mol. The molecule has 0 N–H and O–H groups in total. The largest absolute Gasteiger partial charge is 0.460 e. The Morgan fingerprint density at radius 3 is 1.50 bits per heavy atom. The van der Waals surface area contributed by atoms with Crippen molar-refractivity contribution in [2.45, 2.75) is 47.6 Å². The molecule has 110 valence electrons. The third-order valence-electron chi connectivity index (χ3n) is 2.10. The van der Waals surface area contributed by atoms with E-state index in [0.717, 1.165) is 22.6 Å². The summed E-state index contributed by atoms with van der Waals surface area (Å²) >= 11 is 0.747. The Morgan fingerprint density at radius 2 is 1.22 bits per heavy atom. The molecule has 1 unspecified atom stereocenters. The molecule has 0 amide bonds. The van der Waals surface area contributed by atoms with Crippen LogP contribution in [0.1, 0.15) is 19.8 Å². The average Bonchev–Trinajstić information content (AvgIpc) is 2.15. The van der Waals surface area contributed by atoms with Crippen molar-refractivity contribution in [3.05, 3.63) is 0 Å². The number of hydrogen-bond donors (Lipinski definition) is 0. The molecule has 0 aliphatic rings. The monoisotopic (exact) mass is 402 g/mol. The minimum atomic E-state index is -6.79. The fourth-order valence-corrected chi connectivity index (χ4v) is 2.03. The van der Waals surface area contributed by atoms with Crippen LogP contribution < -0.4 is 0 Å². The van der Waals surface area contributed by atoms with Gasteiger partial charge >= 0.3 is 23.9 Å². The highest BCUT2D eigenvalue weighted by Gasteiger charge is 2.82. The van der Waals surface area contributed by atoms with Gasteiger partial charge in [-0.3, -0.25) is 0 Å². The normalized spacial score (nSPS) is 16.8. The fraction of sp³-hybridized carbons (Fsp3) is 1.00. The van der Waals surface area contributed by atoms with Gasteiger partial charge in [0.1, 0.15) is 0 Å². The standard InChI is InChI=1S/C8H8F9I/c1-2-3-4(18)5(9,10)6(11,12)7(13,14)8(15,16)17/h4H,2-3H2,1H3. The second-order valence-electron chi connectivity index (χ2n) is 3.53. The van der Waals surface area contributed by atoms with Crippen LogP contribution in [0, 0.1) is 0 Å². The Morgan fingerprint density at radius 1 is 0.833 bits per heavy atom. The van der Waals surface area contributed by atoms with Crippen molar-refractivity contribution in [1.29, 1.82) is 0 Å². The minimum absolute atomic E-state index is 0.0587. The summed E-state index contributed by atoms with van der Waals surface area (Å²) in [7, 11) is 0. The van der Waals surface area contributed by atoms with E-state index < -0.39 is 34.3 Å². The lowest BCUT2D eigenvalue weighted by Crippen LogP contribution is -2.63. The van der Waals surface area contributed by atoms with E-state index in [0.29, 0.717) is 0 Å². The first-order valence-corrected chi connectivity index (χ1v) is 5.82. The van der Waals surface area contributed by atoms with Crippen LogP contribution in [0.5, 0.6) is 0 Å². The zero-order chi connectivity index (χ0) is 15.0. The first-order chi connectivity index (χ1) is 7.73. The lowest BCUT2D eigenvalue weighted by atomic mass is 9.99. The van der Waals surface area contributed by atoms with Gasteiger partial charge in [-0.1, -0.05) is 35.9 Å². The predicted octanol–water partition coefficient (Wildman–Crippen LogP) is 5.06. The van der Waals surface area contributed by atoms with E-state index in [1.807, 2.05) is 0 Å². The molecule has 0 radical (unpaired) electrons. The molecule has 0 aromatic carbocycles. The van der Waals surface area contributed by atoms with Crippen LogP contribution >= 0.6 is 22.6 Å². The molecule has 0 fully saturated rings. The smallest absolute Gasteiger partial charge is 0.198 e. The lowest BCUT2D eigenvalue weighted by molar-refractivity contribution is -0.395. The van der Waals surface area contributed by atoms with Crippen molar-refractivity contribution in [2.24, 2.45) is 0 Å². The van der Waals surface area contributed by atoms with Crippen LogP contribution in [0.2, 0.25) is 0 Å². The van der Waals surface area contributed by atoms with Gasteiger partial charge in [0, 0.05) is 0 Å². The second kappa shape index (κ2) is 5.23. The molecule has 10 heteroatoms. The molecule has 0 heterocycles. The Labute approximate surface area is 110 Å². The molecule has 1 atom stereocenters. The molecule has 0 rings (SSSR count). The fourth-order valence-electron chi connectivity index (χ4n) is 1.02. The van der Waals surface area contributed by atoms with Crippen molar-refractivity contribution in [3.8, 4) is 0 Å². The molecule has 0 saturated heterocycles. The Bertz CT molecular complexity index is 283. The summed E-state index contributed by atoms with van der Waals surface area (Å²) in [6.45, 7) is 1.31. The van der Waals surface area contributed by atoms with E-state index in [9.17, 15) is 39.5 Å². The minimum Gasteiger partial charge on any atom is -0.198 e. The van der Waals surface area contributed by atoms with Crippen LogP contribution in [0.3, 0.4) is 0 Å². The summed E-state index contributed by atoms with van der Waals surface area (Å²) in [5, 5.41) is 0. The maximum Gasteiger partial charge on any atom is 0.460 e. The summed E-state index contributed by atoms with van der Waals surface area (Å²) in [5.41, 5.74) is 0. The van der Waals surface area contributed by atoms with Gasteiger partial charge in [-0.2, -0.15) is 39.5 Å². The van der Waals surface area contributed by atoms with E-state index in [-0.39, 0.29) is 6.42 Å². The van der Waals surface area contributed by atoms with Crippen LogP contribution in [0.4, 0.5) is 39.5 Å². The van der Waals surface area contributed by atoms with Crippen molar-refractivity contribution in [1.82, 2.24) is 0 Å². The van der Waals surface area contributed by atoms with Crippen molar-refractivity contribution < 1.29 is 39.5 Å². The molecule has 18 heavy (non-hydrogen) atoms. The molecular weight excluding hydrogens is 394 g/mol. The van der Waals surface area contributed by atoms with Gasteiger partial charge in [0.2, 0.25) is 0 Å². The van der Waals surface area contributed by atoms with E-state index in [1.54, 1.807) is 0 Å². The van der Waals surface area contributed by atoms with E-state index in [4.69, 9.17) is 0 Å². The van der Waals surface area contributed by atoms with E-state index in [2.05, 4.69) is 0 Å². The molecule has 0 aliphatic heterocycles. The van der Waals surface area contributed by atoms with Crippen LogP contribution in [-0.2, 0) is 0 Å². The third-order valence-corrected chi connectivity index (χ3v) is 3.51. The number of halogens is 10. The second-order valence-corrected chi connectivity index (χ2v) is 5.03. The number of hydrogen-bond acceptors (Lipinski definition) is 0. The topological polar surface area (TPSA) is 0 Å². The SMILES string of the molecule is CCCC(I)C(F)(F)C(F)(F)C(F)(F)C(F)(F)F. The first kappa shape index (κ1) is 18.1. The molecule has 0 aromatic rings. The van der Waals surface area contributed by atoms with Gasteiger partial charge in [-0.05, 0) is 6.42 Å². The third kappa shape index (κ3) is 2.82. The highest BCUT2D eigenvalue weighted by molar-refractivity contribution is 14.1. The zero-order valence-corrected chi connectivity index (χ0v) is 10.9. The van der Waals surface area contributed by atoms with Crippen molar-refractivity contribution in [3.63, 3.8) is 0 Å². The van der Waals surface area contributed by atoms with Gasteiger partial charge in [0.05, 0.1) is 3.92 Å².